The van der Waals surface area contributed by atoms with Gasteiger partial charge in [-0.3, -0.25) is 19.3 Å². The number of anilines is 1. The molecule has 49 heavy (non-hydrogen) atoms. The quantitative estimate of drug-likeness (QED) is 0.192. The zero-order chi connectivity index (χ0) is 34.1. The van der Waals surface area contributed by atoms with Gasteiger partial charge in [-0.1, -0.05) is 24.3 Å². The Kier molecular flexibility index (Phi) is 9.07. The number of benzene rings is 2. The first kappa shape index (κ1) is 32.7. The first-order chi connectivity index (χ1) is 23.7. The van der Waals surface area contributed by atoms with Crippen LogP contribution in [0.15, 0.2) is 72.6 Å². The lowest BCUT2D eigenvalue weighted by Gasteiger charge is -2.47. The van der Waals surface area contributed by atoms with Crippen LogP contribution in [0.25, 0.3) is 27.0 Å². The summed E-state index contributed by atoms with van der Waals surface area (Å²) in [5.74, 6) is 0.429. The highest BCUT2D eigenvalue weighted by molar-refractivity contribution is 6.00. The number of pyridine rings is 1. The summed E-state index contributed by atoms with van der Waals surface area (Å²) in [5.41, 5.74) is 7.36. The van der Waals surface area contributed by atoms with Crippen LogP contribution in [0.2, 0.25) is 0 Å². The first-order valence-electron chi connectivity index (χ1n) is 16.8. The summed E-state index contributed by atoms with van der Waals surface area (Å²) in [6.07, 6.45) is 5.00. The average molecular weight is 665 g/mol. The van der Waals surface area contributed by atoms with Crippen molar-refractivity contribution in [3.63, 3.8) is 0 Å². The van der Waals surface area contributed by atoms with E-state index in [4.69, 9.17) is 26.9 Å². The van der Waals surface area contributed by atoms with Gasteiger partial charge >= 0.3 is 0 Å². The molecule has 0 spiro atoms. The number of piperazine rings is 1. The Bertz CT molecular complexity index is 1910. The van der Waals surface area contributed by atoms with Crippen molar-refractivity contribution in [2.45, 2.75) is 50.9 Å². The van der Waals surface area contributed by atoms with E-state index >= 15 is 4.39 Å². The number of nitrogens with two attached hydrogens (primary N) is 1. The molecular weight excluding hydrogens is 623 g/mol. The Hall–Kier alpha value is -4.83. The van der Waals surface area contributed by atoms with E-state index in [9.17, 15) is 4.79 Å². The van der Waals surface area contributed by atoms with Crippen LogP contribution in [-0.4, -0.2) is 98.9 Å². The van der Waals surface area contributed by atoms with Crippen LogP contribution < -0.4 is 10.5 Å². The summed E-state index contributed by atoms with van der Waals surface area (Å²) >= 11 is 0. The summed E-state index contributed by atoms with van der Waals surface area (Å²) in [4.78, 5) is 28.6. The summed E-state index contributed by atoms with van der Waals surface area (Å²) in [7, 11) is 0. The predicted octanol–water partition coefficient (Wildman–Crippen LogP) is 5.20. The van der Waals surface area contributed by atoms with Gasteiger partial charge < -0.3 is 20.1 Å². The topological polar surface area (TPSA) is 106 Å². The molecular formula is C37H41FN8O3. The van der Waals surface area contributed by atoms with Crippen molar-refractivity contribution in [3.8, 4) is 22.8 Å². The van der Waals surface area contributed by atoms with Gasteiger partial charge in [0.1, 0.15) is 28.8 Å². The van der Waals surface area contributed by atoms with E-state index in [-0.39, 0.29) is 29.0 Å². The predicted molar refractivity (Wildman–Crippen MR) is 185 cm³/mol. The Morgan fingerprint density at radius 1 is 1.10 bits per heavy atom. The minimum absolute atomic E-state index is 0.131. The van der Waals surface area contributed by atoms with Gasteiger partial charge in [-0.15, -0.1) is 0 Å². The molecule has 0 aliphatic carbocycles. The van der Waals surface area contributed by atoms with Crippen LogP contribution in [0, 0.1) is 12.4 Å². The number of fused-ring (bicyclic) bond motifs is 1. The number of halogens is 1. The fourth-order valence-corrected chi connectivity index (χ4v) is 7.16. The molecule has 0 bridgehead atoms. The summed E-state index contributed by atoms with van der Waals surface area (Å²) in [6, 6.07) is 16.0. The highest BCUT2D eigenvalue weighted by atomic mass is 19.1. The lowest BCUT2D eigenvalue weighted by Crippen LogP contribution is -2.59. The molecule has 5 heterocycles. The number of rotatable bonds is 9. The lowest BCUT2D eigenvalue weighted by atomic mass is 9.99. The van der Waals surface area contributed by atoms with Crippen molar-refractivity contribution in [1.29, 1.82) is 0 Å². The van der Waals surface area contributed by atoms with Gasteiger partial charge in [-0.2, -0.15) is 5.10 Å². The van der Waals surface area contributed by atoms with Crippen molar-refractivity contribution in [3.05, 3.63) is 89.8 Å². The van der Waals surface area contributed by atoms with Crippen molar-refractivity contribution in [2.24, 2.45) is 0 Å². The third-order valence-corrected chi connectivity index (χ3v) is 9.99. The van der Waals surface area contributed by atoms with E-state index in [0.717, 1.165) is 52.2 Å². The number of likely N-dealkylation sites (tertiary alicyclic amines) is 1. The van der Waals surface area contributed by atoms with Gasteiger partial charge in [-0.05, 0) is 57.0 Å². The Labute approximate surface area is 285 Å². The number of aromatic nitrogens is 3. The Balaban J connectivity index is 1.11. The minimum atomic E-state index is -0.506. The van der Waals surface area contributed by atoms with Crippen LogP contribution >= 0.6 is 0 Å². The van der Waals surface area contributed by atoms with E-state index < -0.39 is 11.4 Å². The first-order valence-corrected chi connectivity index (χ1v) is 16.8. The highest BCUT2D eigenvalue weighted by Gasteiger charge is 2.36. The monoisotopic (exact) mass is 664 g/mol. The molecule has 1 amide bonds. The molecule has 3 fully saturated rings. The highest BCUT2D eigenvalue weighted by Crippen LogP contribution is 2.36. The second-order valence-electron chi connectivity index (χ2n) is 13.5. The van der Waals surface area contributed by atoms with Crippen molar-refractivity contribution < 1.29 is 18.7 Å². The third-order valence-electron chi connectivity index (χ3n) is 9.99. The molecule has 0 radical (unpaired) electrons. The number of carbonyl (C=O) groups excluding carboxylic acids is 1. The molecule has 11 nitrogen and oxygen atoms in total. The molecule has 0 unspecified atom stereocenters. The molecule has 3 saturated heterocycles. The fourth-order valence-electron chi connectivity index (χ4n) is 7.16. The molecule has 2 N–H and O–H groups in total. The second-order valence-corrected chi connectivity index (χ2v) is 13.5. The minimum Gasteiger partial charge on any atom is -0.457 e. The van der Waals surface area contributed by atoms with E-state index in [2.05, 4.69) is 33.5 Å². The van der Waals surface area contributed by atoms with Crippen LogP contribution in [0.1, 0.15) is 26.7 Å². The van der Waals surface area contributed by atoms with Crippen LogP contribution in [-0.2, 0) is 16.1 Å². The molecule has 1 atom stereocenters. The molecule has 3 aliphatic rings. The zero-order valence-corrected chi connectivity index (χ0v) is 27.9. The lowest BCUT2D eigenvalue weighted by molar-refractivity contribution is -0.127. The molecule has 7 rings (SSSR count). The average Bonchev–Trinajstić information content (AvgIpc) is 3.69. The van der Waals surface area contributed by atoms with Gasteiger partial charge in [0, 0.05) is 56.1 Å². The standard InChI is InChI=1S/C37H41FN8O3/c1-37(2,44-18-16-43(17-19-44)26-23-48-24-26)21-31(40-3)36(47)45-15-7-8-25(45)22-46-32-13-14-41-35(39)33(32)34(42-46)29-12-11-28(20-30(29)38)49-27-9-5-4-6-10-27/h4-6,9-14,20-21,25-26H,7-8,15-19,22-24H2,1-2H3,(H2,39,41)/b31-21+/t25-/m0/s1. The molecule has 12 heteroatoms. The van der Waals surface area contributed by atoms with Crippen LogP contribution in [0.3, 0.4) is 0 Å². The summed E-state index contributed by atoms with van der Waals surface area (Å²) in [6.45, 7) is 18.2. The molecule has 2 aromatic heterocycles. The number of nitrogen functional groups attached to an aromatic ring is 1. The largest absolute Gasteiger partial charge is 0.457 e. The van der Waals surface area contributed by atoms with E-state index in [0.29, 0.717) is 47.2 Å². The number of ether oxygens (including phenoxy) is 2. The van der Waals surface area contributed by atoms with Gasteiger partial charge in [0.25, 0.3) is 5.91 Å². The summed E-state index contributed by atoms with van der Waals surface area (Å²) < 4.78 is 28.6. The molecule has 254 valence electrons. The van der Waals surface area contributed by atoms with Crippen LogP contribution in [0.5, 0.6) is 11.5 Å². The third kappa shape index (κ3) is 6.62. The van der Waals surface area contributed by atoms with Crippen molar-refractivity contribution in [2.75, 3.05) is 51.7 Å². The van der Waals surface area contributed by atoms with E-state index in [1.807, 2.05) is 24.3 Å². The number of amides is 1. The van der Waals surface area contributed by atoms with Crippen LogP contribution in [0.4, 0.5) is 10.2 Å². The van der Waals surface area contributed by atoms with E-state index in [1.54, 1.807) is 46.1 Å². The number of hydrogen-bond donors (Lipinski definition) is 1. The Morgan fingerprint density at radius 3 is 2.57 bits per heavy atom. The number of carbonyl (C=O) groups is 1. The Morgan fingerprint density at radius 2 is 1.88 bits per heavy atom. The van der Waals surface area contributed by atoms with E-state index in [1.165, 1.54) is 6.07 Å². The van der Waals surface area contributed by atoms with Gasteiger partial charge in [0.15, 0.2) is 0 Å². The SMILES string of the molecule is [C-]#[N+]/C(=C/C(C)(C)N1CCN(C2COC2)CC1)C(=O)N1CCC[C@H]1Cn1nc(-c2ccc(Oc3ccccc3)cc2F)c2c(N)nccc21. The number of nitrogens with zero attached hydrogens (tertiary/aromatic N) is 7. The van der Waals surface area contributed by atoms with Gasteiger partial charge in [-0.25, -0.2) is 14.2 Å². The van der Waals surface area contributed by atoms with Gasteiger partial charge in [0.2, 0.25) is 5.70 Å². The molecule has 2 aromatic carbocycles. The maximum absolute atomic E-state index is 15.7. The summed E-state index contributed by atoms with van der Waals surface area (Å²) in [5, 5.41) is 5.39. The molecule has 3 aliphatic heterocycles. The molecule has 4 aromatic rings. The normalized spacial score (nSPS) is 19.6. The molecule has 0 saturated carbocycles. The smallest absolute Gasteiger partial charge is 0.252 e. The maximum atomic E-state index is 15.7. The zero-order valence-electron chi connectivity index (χ0n) is 27.9. The maximum Gasteiger partial charge on any atom is 0.252 e. The van der Waals surface area contributed by atoms with Crippen molar-refractivity contribution >= 4 is 22.6 Å². The fraction of sp³-hybridized carbons (Fsp3) is 0.405. The number of hydrogen-bond acceptors (Lipinski definition) is 8. The van der Waals surface area contributed by atoms with Crippen molar-refractivity contribution in [1.82, 2.24) is 29.5 Å². The second kappa shape index (κ2) is 13.6. The van der Waals surface area contributed by atoms with Gasteiger partial charge in [0.05, 0.1) is 49.3 Å². The number of para-hydroxylation sites is 1.